The summed E-state index contributed by atoms with van der Waals surface area (Å²) in [7, 11) is 0. The van der Waals surface area contributed by atoms with Crippen molar-refractivity contribution in [2.75, 3.05) is 11.4 Å². The van der Waals surface area contributed by atoms with E-state index in [-0.39, 0.29) is 22.8 Å². The van der Waals surface area contributed by atoms with E-state index in [1.54, 1.807) is 53.4 Å². The molecule has 2 aromatic carbocycles. The number of nitrogens with one attached hydrogen (secondary N) is 1. The predicted octanol–water partition coefficient (Wildman–Crippen LogP) is 3.17. The van der Waals surface area contributed by atoms with Crippen LogP contribution in [0.4, 0.5) is 10.5 Å². The molecule has 1 fully saturated rings. The number of anilines is 1. The second-order valence-electron chi connectivity index (χ2n) is 6.15. The van der Waals surface area contributed by atoms with Crippen LogP contribution in [0.5, 0.6) is 0 Å². The van der Waals surface area contributed by atoms with Crippen molar-refractivity contribution in [1.82, 2.24) is 0 Å². The van der Waals surface area contributed by atoms with Crippen molar-refractivity contribution in [3.63, 3.8) is 0 Å². The Morgan fingerprint density at radius 1 is 1.22 bits per heavy atom. The van der Waals surface area contributed by atoms with E-state index in [4.69, 9.17) is 21.0 Å². The second kappa shape index (κ2) is 7.71. The molecule has 0 aliphatic carbocycles. The van der Waals surface area contributed by atoms with Gasteiger partial charge in [-0.1, -0.05) is 0 Å². The van der Waals surface area contributed by atoms with Gasteiger partial charge >= 0.3 is 12.1 Å². The Kier molecular flexibility index (Phi) is 5.36. The molecule has 1 amide bonds. The quantitative estimate of drug-likeness (QED) is 0.399. The van der Waals surface area contributed by atoms with Crippen molar-refractivity contribution < 1.29 is 19.4 Å². The van der Waals surface area contributed by atoms with E-state index in [9.17, 15) is 9.59 Å². The first-order valence-electron chi connectivity index (χ1n) is 8.28. The summed E-state index contributed by atoms with van der Waals surface area (Å²) in [6, 6.07) is 13.5. The van der Waals surface area contributed by atoms with Gasteiger partial charge in [-0.05, 0) is 55.5 Å². The SMILES string of the molecule is CC(Sc1ccc(C(=O)O)cc1)C1CN(c2ccc(C(=N)N)cc2)C(=O)O1. The minimum Gasteiger partial charge on any atom is -0.478 e. The summed E-state index contributed by atoms with van der Waals surface area (Å²) >= 11 is 1.53. The Morgan fingerprint density at radius 2 is 1.81 bits per heavy atom. The third-order valence-electron chi connectivity index (χ3n) is 4.27. The topological polar surface area (TPSA) is 117 Å². The minimum atomic E-state index is -0.962. The van der Waals surface area contributed by atoms with Crippen LogP contribution in [0.25, 0.3) is 0 Å². The van der Waals surface area contributed by atoms with E-state index >= 15 is 0 Å². The number of thioether (sulfide) groups is 1. The van der Waals surface area contributed by atoms with E-state index in [0.29, 0.717) is 17.8 Å². The molecular formula is C19H19N3O4S. The number of nitrogens with two attached hydrogens (primary N) is 1. The number of carboxylic acid groups (broad SMARTS) is 1. The highest BCUT2D eigenvalue weighted by molar-refractivity contribution is 8.00. The van der Waals surface area contributed by atoms with Crippen LogP contribution in [0.2, 0.25) is 0 Å². The molecule has 1 aliphatic rings. The van der Waals surface area contributed by atoms with E-state index < -0.39 is 12.1 Å². The highest BCUT2D eigenvalue weighted by Gasteiger charge is 2.36. The number of carbonyl (C=O) groups is 2. The smallest absolute Gasteiger partial charge is 0.414 e. The molecule has 0 saturated carbocycles. The number of cyclic esters (lactones) is 1. The van der Waals surface area contributed by atoms with Gasteiger partial charge in [0.15, 0.2) is 0 Å². The molecule has 1 saturated heterocycles. The highest BCUT2D eigenvalue weighted by Crippen LogP contribution is 2.31. The summed E-state index contributed by atoms with van der Waals surface area (Å²) in [4.78, 5) is 25.6. The van der Waals surface area contributed by atoms with Gasteiger partial charge in [-0.15, -0.1) is 11.8 Å². The van der Waals surface area contributed by atoms with E-state index in [1.807, 2.05) is 6.92 Å². The Hall–Kier alpha value is -3.00. The van der Waals surface area contributed by atoms with Crippen molar-refractivity contribution in [3.8, 4) is 0 Å². The molecule has 0 aromatic heterocycles. The van der Waals surface area contributed by atoms with Crippen molar-refractivity contribution in [1.29, 1.82) is 5.41 Å². The minimum absolute atomic E-state index is 0.00822. The van der Waals surface area contributed by atoms with Crippen molar-refractivity contribution in [3.05, 3.63) is 59.7 Å². The number of hydrogen-bond acceptors (Lipinski definition) is 5. The van der Waals surface area contributed by atoms with E-state index in [2.05, 4.69) is 0 Å². The number of rotatable bonds is 6. The zero-order chi connectivity index (χ0) is 19.6. The Bertz CT molecular complexity index is 868. The van der Waals surface area contributed by atoms with Crippen molar-refractivity contribution >= 4 is 35.3 Å². The zero-order valence-electron chi connectivity index (χ0n) is 14.6. The molecule has 0 bridgehead atoms. The Balaban J connectivity index is 1.65. The fourth-order valence-electron chi connectivity index (χ4n) is 2.73. The van der Waals surface area contributed by atoms with Gasteiger partial charge in [0.05, 0.1) is 12.1 Å². The molecule has 27 heavy (non-hydrogen) atoms. The van der Waals surface area contributed by atoms with Crippen LogP contribution >= 0.6 is 11.8 Å². The maximum absolute atomic E-state index is 12.2. The number of amides is 1. The first-order valence-corrected chi connectivity index (χ1v) is 9.15. The summed E-state index contributed by atoms with van der Waals surface area (Å²) in [6.07, 6.45) is -0.710. The Labute approximate surface area is 160 Å². The number of hydrogen-bond donors (Lipinski definition) is 3. The molecule has 4 N–H and O–H groups in total. The van der Waals surface area contributed by atoms with Crippen LogP contribution in [0.3, 0.4) is 0 Å². The maximum atomic E-state index is 12.2. The number of ether oxygens (including phenoxy) is 1. The monoisotopic (exact) mass is 385 g/mol. The normalized spacial score (nSPS) is 17.4. The van der Waals surface area contributed by atoms with Crippen LogP contribution in [0, 0.1) is 5.41 Å². The van der Waals surface area contributed by atoms with Crippen LogP contribution in [0.1, 0.15) is 22.8 Å². The van der Waals surface area contributed by atoms with E-state index in [1.165, 1.54) is 11.8 Å². The molecule has 7 nitrogen and oxygen atoms in total. The molecule has 1 aliphatic heterocycles. The number of carboxylic acids is 1. The van der Waals surface area contributed by atoms with Crippen LogP contribution in [0.15, 0.2) is 53.4 Å². The fraction of sp³-hybridized carbons (Fsp3) is 0.211. The average molecular weight is 385 g/mol. The third-order valence-corrected chi connectivity index (χ3v) is 5.49. The summed E-state index contributed by atoms with van der Waals surface area (Å²) in [6.45, 7) is 2.38. The highest BCUT2D eigenvalue weighted by atomic mass is 32.2. The predicted molar refractivity (Wildman–Crippen MR) is 104 cm³/mol. The van der Waals surface area contributed by atoms with Crippen LogP contribution in [-0.2, 0) is 4.74 Å². The van der Waals surface area contributed by atoms with Gasteiger partial charge in [-0.3, -0.25) is 10.3 Å². The number of amidine groups is 1. The lowest BCUT2D eigenvalue weighted by molar-refractivity contribution is 0.0696. The second-order valence-corrected chi connectivity index (χ2v) is 7.60. The number of carbonyl (C=O) groups excluding carboxylic acids is 1. The first kappa shape index (κ1) is 18.8. The van der Waals surface area contributed by atoms with Gasteiger partial charge in [0.2, 0.25) is 0 Å². The maximum Gasteiger partial charge on any atom is 0.414 e. The molecule has 140 valence electrons. The van der Waals surface area contributed by atoms with Gasteiger partial charge in [-0.25, -0.2) is 9.59 Å². The molecule has 2 aromatic rings. The molecule has 0 radical (unpaired) electrons. The molecule has 0 spiro atoms. The molecule has 2 unspecified atom stereocenters. The number of aromatic carboxylic acids is 1. The van der Waals surface area contributed by atoms with Crippen molar-refractivity contribution in [2.24, 2.45) is 5.73 Å². The third kappa shape index (κ3) is 4.22. The largest absolute Gasteiger partial charge is 0.478 e. The van der Waals surface area contributed by atoms with Gasteiger partial charge in [-0.2, -0.15) is 0 Å². The Morgan fingerprint density at radius 3 is 2.37 bits per heavy atom. The van der Waals surface area contributed by atoms with Gasteiger partial charge < -0.3 is 15.6 Å². The summed E-state index contributed by atoms with van der Waals surface area (Å²) < 4.78 is 5.51. The summed E-state index contributed by atoms with van der Waals surface area (Å²) in [5, 5.41) is 16.4. The number of nitrogen functional groups attached to an aromatic ring is 1. The average Bonchev–Trinajstić information content (AvgIpc) is 3.04. The van der Waals surface area contributed by atoms with E-state index in [0.717, 1.165) is 4.90 Å². The standard InChI is InChI=1S/C19H19N3O4S/c1-11(27-15-8-4-13(5-9-15)18(23)24)16-10-22(19(25)26-16)14-6-2-12(3-7-14)17(20)21/h2-9,11,16H,10H2,1H3,(H3,20,21)(H,23,24). The van der Waals surface area contributed by atoms with Gasteiger partial charge in [0.25, 0.3) is 0 Å². The van der Waals surface area contributed by atoms with Gasteiger partial charge in [0.1, 0.15) is 11.9 Å². The fourth-order valence-corrected chi connectivity index (χ4v) is 3.74. The summed E-state index contributed by atoms with van der Waals surface area (Å²) in [5.74, 6) is -0.988. The molecule has 1 heterocycles. The summed E-state index contributed by atoms with van der Waals surface area (Å²) in [5.41, 5.74) is 6.97. The number of nitrogens with zero attached hydrogens (tertiary/aromatic N) is 1. The zero-order valence-corrected chi connectivity index (χ0v) is 15.4. The molecule has 3 rings (SSSR count). The first-order chi connectivity index (χ1) is 12.8. The number of benzene rings is 2. The molecule has 8 heteroatoms. The van der Waals surface area contributed by atoms with Crippen LogP contribution in [-0.4, -0.2) is 40.9 Å². The van der Waals surface area contributed by atoms with Crippen LogP contribution < -0.4 is 10.6 Å². The lowest BCUT2D eigenvalue weighted by atomic mass is 10.2. The van der Waals surface area contributed by atoms with Crippen molar-refractivity contribution in [2.45, 2.75) is 23.2 Å². The molecule has 2 atom stereocenters. The molecular weight excluding hydrogens is 366 g/mol. The van der Waals surface area contributed by atoms with Gasteiger partial charge in [0, 0.05) is 21.4 Å². The lowest BCUT2D eigenvalue weighted by Crippen LogP contribution is -2.27. The lowest BCUT2D eigenvalue weighted by Gasteiger charge is -2.17.